The molecule has 0 unspecified atom stereocenters. The molecule has 0 aliphatic carbocycles. The number of carbonyl (C=O) groups excluding carboxylic acids is 1. The smallest absolute Gasteiger partial charge is 0.416 e. The van der Waals surface area contributed by atoms with Crippen LogP contribution in [0.25, 0.3) is 0 Å². The van der Waals surface area contributed by atoms with Gasteiger partial charge in [0.05, 0.1) is 10.5 Å². The van der Waals surface area contributed by atoms with Crippen LogP contribution in [0.4, 0.5) is 13.2 Å². The summed E-state index contributed by atoms with van der Waals surface area (Å²) in [5.74, 6) is 0.219. The Kier molecular flexibility index (Phi) is 6.01. The number of methoxy groups -OCH3 is 1. The number of rotatable bonds is 5. The van der Waals surface area contributed by atoms with Crippen molar-refractivity contribution < 1.29 is 35.5 Å². The molecule has 0 radical (unpaired) electrons. The standard InChI is InChI=1S/C18H19F3N2O5S/c1-27-12-14-5-6-16(28-14)17(24)22-7-9-23(10-8-22)29(25,26)15-4-2-3-13(11-15)18(19,20)21/h2-6,11H,7-10,12H2,1H3. The van der Waals surface area contributed by atoms with Gasteiger partial charge in [-0.1, -0.05) is 6.07 Å². The maximum Gasteiger partial charge on any atom is 0.416 e. The lowest BCUT2D eigenvalue weighted by molar-refractivity contribution is -0.137. The summed E-state index contributed by atoms with van der Waals surface area (Å²) in [6.07, 6.45) is -4.64. The first-order chi connectivity index (χ1) is 13.6. The monoisotopic (exact) mass is 432 g/mol. The summed E-state index contributed by atoms with van der Waals surface area (Å²) in [7, 11) is -2.61. The number of nitrogens with zero attached hydrogens (tertiary/aromatic N) is 2. The van der Waals surface area contributed by atoms with E-state index >= 15 is 0 Å². The highest BCUT2D eigenvalue weighted by molar-refractivity contribution is 7.89. The third kappa shape index (κ3) is 4.62. The summed E-state index contributed by atoms with van der Waals surface area (Å²) in [6.45, 7) is 0.344. The van der Waals surface area contributed by atoms with Crippen molar-refractivity contribution in [2.75, 3.05) is 33.3 Å². The number of ether oxygens (including phenoxy) is 1. The maximum atomic E-state index is 12.9. The second-order valence-corrected chi connectivity index (χ2v) is 8.36. The van der Waals surface area contributed by atoms with Gasteiger partial charge >= 0.3 is 6.18 Å². The molecule has 29 heavy (non-hydrogen) atoms. The van der Waals surface area contributed by atoms with Crippen LogP contribution in [0.5, 0.6) is 0 Å². The first-order valence-corrected chi connectivity index (χ1v) is 10.1. The predicted molar refractivity (Wildman–Crippen MR) is 95.5 cm³/mol. The van der Waals surface area contributed by atoms with E-state index in [1.807, 2.05) is 0 Å². The molecule has 0 bridgehead atoms. The number of furan rings is 1. The predicted octanol–water partition coefficient (Wildman–Crippen LogP) is 2.59. The Morgan fingerprint density at radius 3 is 2.45 bits per heavy atom. The summed E-state index contributed by atoms with van der Waals surface area (Å²) in [5.41, 5.74) is -1.03. The van der Waals surface area contributed by atoms with E-state index in [9.17, 15) is 26.4 Å². The molecule has 1 aliphatic rings. The Hall–Kier alpha value is -2.37. The van der Waals surface area contributed by atoms with E-state index < -0.39 is 26.7 Å². The molecule has 2 heterocycles. The van der Waals surface area contributed by atoms with Crippen molar-refractivity contribution in [3.05, 3.63) is 53.5 Å². The first kappa shape index (κ1) is 21.3. The zero-order valence-corrected chi connectivity index (χ0v) is 16.3. The quantitative estimate of drug-likeness (QED) is 0.726. The van der Waals surface area contributed by atoms with Crippen molar-refractivity contribution in [1.82, 2.24) is 9.21 Å². The molecule has 1 aromatic carbocycles. The summed E-state index contributed by atoms with van der Waals surface area (Å²) in [5, 5.41) is 0. The number of halogens is 3. The molecule has 158 valence electrons. The zero-order valence-electron chi connectivity index (χ0n) is 15.5. The summed E-state index contributed by atoms with van der Waals surface area (Å²) >= 11 is 0. The number of carbonyl (C=O) groups is 1. The average Bonchev–Trinajstić information content (AvgIpc) is 3.16. The lowest BCUT2D eigenvalue weighted by atomic mass is 10.2. The van der Waals surface area contributed by atoms with Crippen LogP contribution in [-0.4, -0.2) is 56.8 Å². The molecule has 2 aromatic rings. The van der Waals surface area contributed by atoms with Gasteiger partial charge in [0.15, 0.2) is 5.76 Å². The molecule has 0 N–H and O–H groups in total. The molecule has 1 fully saturated rings. The Labute approximate surface area is 165 Å². The SMILES string of the molecule is COCc1ccc(C(=O)N2CCN(S(=O)(=O)c3cccc(C(F)(F)F)c3)CC2)o1. The number of alkyl halides is 3. The van der Waals surface area contributed by atoms with Crippen molar-refractivity contribution in [3.8, 4) is 0 Å². The number of hydrogen-bond donors (Lipinski definition) is 0. The lowest BCUT2D eigenvalue weighted by Crippen LogP contribution is -2.50. The molecule has 0 spiro atoms. The van der Waals surface area contributed by atoms with Crippen LogP contribution in [-0.2, 0) is 27.5 Å². The van der Waals surface area contributed by atoms with Crippen molar-refractivity contribution in [3.63, 3.8) is 0 Å². The molecule has 3 rings (SSSR count). The number of amides is 1. The van der Waals surface area contributed by atoms with Crippen molar-refractivity contribution in [2.45, 2.75) is 17.7 Å². The summed E-state index contributed by atoms with van der Waals surface area (Å²) in [4.78, 5) is 13.5. The van der Waals surface area contributed by atoms with Gasteiger partial charge < -0.3 is 14.1 Å². The Morgan fingerprint density at radius 2 is 1.83 bits per heavy atom. The van der Waals surface area contributed by atoms with Crippen LogP contribution in [0.1, 0.15) is 21.9 Å². The maximum absolute atomic E-state index is 12.9. The number of piperazine rings is 1. The van der Waals surface area contributed by atoms with Crippen LogP contribution < -0.4 is 0 Å². The van der Waals surface area contributed by atoms with Crippen LogP contribution >= 0.6 is 0 Å². The van der Waals surface area contributed by atoms with Crippen molar-refractivity contribution in [2.24, 2.45) is 0 Å². The van der Waals surface area contributed by atoms with Crippen LogP contribution in [0, 0.1) is 0 Å². The molecule has 11 heteroatoms. The average molecular weight is 432 g/mol. The van der Waals surface area contributed by atoms with E-state index in [0.717, 1.165) is 22.5 Å². The molecular formula is C18H19F3N2O5S. The van der Waals surface area contributed by atoms with Crippen molar-refractivity contribution >= 4 is 15.9 Å². The third-order valence-corrected chi connectivity index (χ3v) is 6.38. The van der Waals surface area contributed by atoms with Crippen LogP contribution in [0.2, 0.25) is 0 Å². The van der Waals surface area contributed by atoms with E-state index in [2.05, 4.69) is 0 Å². The second-order valence-electron chi connectivity index (χ2n) is 6.42. The molecule has 0 atom stereocenters. The highest BCUT2D eigenvalue weighted by Gasteiger charge is 2.34. The minimum absolute atomic E-state index is 0.0318. The Bertz CT molecular complexity index is 979. The van der Waals surface area contributed by atoms with Crippen molar-refractivity contribution in [1.29, 1.82) is 0 Å². The molecular weight excluding hydrogens is 413 g/mol. The van der Waals surface area contributed by atoms with Gasteiger partial charge in [-0.2, -0.15) is 17.5 Å². The van der Waals surface area contributed by atoms with Gasteiger partial charge in [0.1, 0.15) is 12.4 Å². The first-order valence-electron chi connectivity index (χ1n) is 8.67. The van der Waals surface area contributed by atoms with E-state index in [4.69, 9.17) is 9.15 Å². The van der Waals surface area contributed by atoms with Gasteiger partial charge in [0, 0.05) is 33.3 Å². The van der Waals surface area contributed by atoms with Gasteiger partial charge in [-0.25, -0.2) is 8.42 Å². The lowest BCUT2D eigenvalue weighted by Gasteiger charge is -2.33. The highest BCUT2D eigenvalue weighted by Crippen LogP contribution is 2.31. The molecule has 1 amide bonds. The molecule has 0 saturated carbocycles. The van der Waals surface area contributed by atoms with Crippen LogP contribution in [0.3, 0.4) is 0 Å². The molecule has 7 nitrogen and oxygen atoms in total. The fourth-order valence-electron chi connectivity index (χ4n) is 2.98. The molecule has 1 aromatic heterocycles. The Balaban J connectivity index is 1.69. The minimum atomic E-state index is -4.64. The summed E-state index contributed by atoms with van der Waals surface area (Å²) in [6, 6.07) is 6.75. The van der Waals surface area contributed by atoms with Gasteiger partial charge in [0.25, 0.3) is 5.91 Å². The van der Waals surface area contributed by atoms with E-state index in [0.29, 0.717) is 11.8 Å². The van der Waals surface area contributed by atoms with Gasteiger partial charge in [0.2, 0.25) is 10.0 Å². The summed E-state index contributed by atoms with van der Waals surface area (Å²) < 4.78 is 75.5. The highest BCUT2D eigenvalue weighted by atomic mass is 32.2. The van der Waals surface area contributed by atoms with E-state index in [1.165, 1.54) is 18.1 Å². The normalized spacial score (nSPS) is 16.2. The number of sulfonamides is 1. The Morgan fingerprint density at radius 1 is 1.14 bits per heavy atom. The van der Waals surface area contributed by atoms with Gasteiger partial charge in [-0.3, -0.25) is 4.79 Å². The molecule has 1 saturated heterocycles. The van der Waals surface area contributed by atoms with Crippen LogP contribution in [0.15, 0.2) is 45.7 Å². The van der Waals surface area contributed by atoms with E-state index in [1.54, 1.807) is 6.07 Å². The van der Waals surface area contributed by atoms with Gasteiger partial charge in [-0.05, 0) is 30.3 Å². The topological polar surface area (TPSA) is 80.1 Å². The zero-order chi connectivity index (χ0) is 21.2. The minimum Gasteiger partial charge on any atom is -0.453 e. The number of benzene rings is 1. The molecule has 1 aliphatic heterocycles. The largest absolute Gasteiger partial charge is 0.453 e. The fourth-order valence-corrected chi connectivity index (χ4v) is 4.45. The van der Waals surface area contributed by atoms with Gasteiger partial charge in [-0.15, -0.1) is 0 Å². The van der Waals surface area contributed by atoms with E-state index in [-0.39, 0.29) is 44.5 Å². The fraction of sp³-hybridized carbons (Fsp3) is 0.389. The second kappa shape index (κ2) is 8.17. The third-order valence-electron chi connectivity index (χ3n) is 4.48. The number of hydrogen-bond acceptors (Lipinski definition) is 5.